The van der Waals surface area contributed by atoms with Crippen molar-refractivity contribution in [3.05, 3.63) is 76.4 Å². The zero-order valence-electron chi connectivity index (χ0n) is 27.6. The summed E-state index contributed by atoms with van der Waals surface area (Å²) in [7, 11) is 3.68. The smallest absolute Gasteiger partial charge is 0.239 e. The van der Waals surface area contributed by atoms with E-state index in [1.54, 1.807) is 13.3 Å². The van der Waals surface area contributed by atoms with Gasteiger partial charge in [0.15, 0.2) is 11.5 Å². The average Bonchev–Trinajstić information content (AvgIpc) is 3.45. The van der Waals surface area contributed by atoms with Crippen LogP contribution in [0.4, 0.5) is 11.5 Å². The Morgan fingerprint density at radius 3 is 2.38 bits per heavy atom. The van der Waals surface area contributed by atoms with Crippen LogP contribution < -0.4 is 19.3 Å². The van der Waals surface area contributed by atoms with Crippen molar-refractivity contribution < 1.29 is 24.2 Å². The second-order valence-corrected chi connectivity index (χ2v) is 13.6. The molecule has 2 fully saturated rings. The number of aliphatic hydroxyl groups is 1. The lowest BCUT2D eigenvalue weighted by molar-refractivity contribution is -0.129. The summed E-state index contributed by atoms with van der Waals surface area (Å²) in [5.41, 5.74) is 3.53. The van der Waals surface area contributed by atoms with E-state index in [0.29, 0.717) is 41.7 Å². The van der Waals surface area contributed by atoms with Gasteiger partial charge in [0.1, 0.15) is 12.5 Å². The summed E-state index contributed by atoms with van der Waals surface area (Å²) in [6, 6.07) is 15.5. The Balaban J connectivity index is 1.19. The first kappa shape index (κ1) is 33.1. The number of anilines is 2. The highest BCUT2D eigenvalue weighted by atomic mass is 35.5. The van der Waals surface area contributed by atoms with Gasteiger partial charge in [-0.05, 0) is 98.5 Å². The summed E-state index contributed by atoms with van der Waals surface area (Å²) < 4.78 is 11.8. The topological polar surface area (TPSA) is 98.7 Å². The average molecular weight is 662 g/mol. The molecule has 1 aliphatic carbocycles. The van der Waals surface area contributed by atoms with E-state index in [1.807, 2.05) is 67.3 Å². The monoisotopic (exact) mass is 661 g/mol. The van der Waals surface area contributed by atoms with Crippen LogP contribution in [-0.2, 0) is 16.0 Å². The molecule has 250 valence electrons. The van der Waals surface area contributed by atoms with Crippen LogP contribution in [0.5, 0.6) is 11.5 Å². The molecule has 1 saturated carbocycles. The standard InChI is InChI=1S/C36H44ClN5O5/c1-23(2)47-32-17-30-26(15-31(32)46-4)16-34(44)42(36(30)25-7-9-27(37)10-8-25)29-13-14-33(38-18-29)39(3)19-24-5-11-28(12-6-24)40-20-35(45)41(21-40)22-43/h7-10,13-15,17-18,23-24,28,36,43H,5-6,11-12,16,19-22H2,1-4H3/t24?,28?,36-/m0/s1. The van der Waals surface area contributed by atoms with Crippen LogP contribution >= 0.6 is 11.6 Å². The maximum absolute atomic E-state index is 13.9. The number of halogens is 1. The summed E-state index contributed by atoms with van der Waals surface area (Å²) in [5, 5.41) is 10.0. The molecular formula is C36H44ClN5O5. The van der Waals surface area contributed by atoms with Crippen molar-refractivity contribution in [1.82, 2.24) is 14.8 Å². The number of pyridine rings is 1. The van der Waals surface area contributed by atoms with Crippen molar-refractivity contribution in [2.45, 2.75) is 64.1 Å². The molecule has 0 radical (unpaired) electrons. The molecule has 1 atom stereocenters. The second kappa shape index (κ2) is 14.1. The Morgan fingerprint density at radius 2 is 1.77 bits per heavy atom. The van der Waals surface area contributed by atoms with Gasteiger partial charge in [-0.2, -0.15) is 0 Å². The number of benzene rings is 2. The number of aromatic nitrogens is 1. The molecule has 0 bridgehead atoms. The third-order valence-corrected chi connectivity index (χ3v) is 9.87. The van der Waals surface area contributed by atoms with Crippen molar-refractivity contribution in [2.24, 2.45) is 5.92 Å². The Hall–Kier alpha value is -3.86. The van der Waals surface area contributed by atoms with Gasteiger partial charge in [-0.3, -0.25) is 19.4 Å². The number of methoxy groups -OCH3 is 1. The molecule has 2 aliphatic heterocycles. The van der Waals surface area contributed by atoms with Crippen molar-refractivity contribution in [3.8, 4) is 11.5 Å². The van der Waals surface area contributed by atoms with Gasteiger partial charge in [-0.1, -0.05) is 23.7 Å². The fourth-order valence-electron chi connectivity index (χ4n) is 7.24. The summed E-state index contributed by atoms with van der Waals surface area (Å²) >= 11 is 6.27. The zero-order chi connectivity index (χ0) is 33.2. The van der Waals surface area contributed by atoms with E-state index in [-0.39, 0.29) is 31.1 Å². The third-order valence-electron chi connectivity index (χ3n) is 9.62. The highest BCUT2D eigenvalue weighted by Crippen LogP contribution is 2.44. The summed E-state index contributed by atoms with van der Waals surface area (Å²) in [6.45, 7) is 5.54. The van der Waals surface area contributed by atoms with Gasteiger partial charge in [0.05, 0.1) is 50.8 Å². The van der Waals surface area contributed by atoms with Gasteiger partial charge in [0.25, 0.3) is 0 Å². The van der Waals surface area contributed by atoms with Crippen molar-refractivity contribution >= 4 is 34.9 Å². The molecule has 1 aromatic heterocycles. The van der Waals surface area contributed by atoms with Crippen LogP contribution in [0.25, 0.3) is 0 Å². The third kappa shape index (κ3) is 7.05. The van der Waals surface area contributed by atoms with Gasteiger partial charge < -0.3 is 24.4 Å². The number of carbonyl (C=O) groups excluding carboxylic acids is 2. The molecule has 0 spiro atoms. The molecule has 2 amide bonds. The predicted octanol–water partition coefficient (Wildman–Crippen LogP) is 5.26. The van der Waals surface area contributed by atoms with Gasteiger partial charge >= 0.3 is 0 Å². The molecule has 47 heavy (non-hydrogen) atoms. The lowest BCUT2D eigenvalue weighted by Crippen LogP contribution is -2.41. The number of hydrogen-bond acceptors (Lipinski definition) is 8. The minimum absolute atomic E-state index is 0.00366. The number of rotatable bonds is 10. The molecule has 10 nitrogen and oxygen atoms in total. The molecule has 2 aromatic carbocycles. The number of nitrogens with zero attached hydrogens (tertiary/aromatic N) is 5. The maximum Gasteiger partial charge on any atom is 0.239 e. The number of hydrogen-bond donors (Lipinski definition) is 1. The van der Waals surface area contributed by atoms with E-state index in [9.17, 15) is 14.7 Å². The SMILES string of the molecule is COc1cc2c(cc1OC(C)C)[C@H](c1ccc(Cl)cc1)N(c1ccc(N(C)CC3CCC(N4CC(=O)N(CO)C4)CC3)nc1)C(=O)C2. The maximum atomic E-state index is 13.9. The fourth-order valence-corrected chi connectivity index (χ4v) is 7.36. The van der Waals surface area contributed by atoms with E-state index in [0.717, 1.165) is 60.4 Å². The van der Waals surface area contributed by atoms with E-state index >= 15 is 0 Å². The van der Waals surface area contributed by atoms with E-state index in [1.165, 1.54) is 4.90 Å². The van der Waals surface area contributed by atoms with E-state index in [4.69, 9.17) is 26.1 Å². The van der Waals surface area contributed by atoms with Crippen LogP contribution in [0, 0.1) is 5.92 Å². The van der Waals surface area contributed by atoms with E-state index < -0.39 is 6.04 Å². The summed E-state index contributed by atoms with van der Waals surface area (Å²) in [4.78, 5) is 38.5. The Morgan fingerprint density at radius 1 is 1.02 bits per heavy atom. The second-order valence-electron chi connectivity index (χ2n) is 13.2. The van der Waals surface area contributed by atoms with Crippen LogP contribution in [0.1, 0.15) is 62.3 Å². The minimum atomic E-state index is -0.403. The normalized spacial score (nSPS) is 21.7. The van der Waals surface area contributed by atoms with Gasteiger partial charge in [0.2, 0.25) is 11.8 Å². The molecule has 1 N–H and O–H groups in total. The molecule has 3 heterocycles. The first-order valence-electron chi connectivity index (χ1n) is 16.4. The highest BCUT2D eigenvalue weighted by molar-refractivity contribution is 6.30. The number of fused-ring (bicyclic) bond motifs is 1. The number of ether oxygens (including phenoxy) is 2. The Kier molecular flexibility index (Phi) is 9.91. The molecule has 3 aromatic rings. The minimum Gasteiger partial charge on any atom is -0.493 e. The Bertz CT molecular complexity index is 1580. The molecule has 0 unspecified atom stereocenters. The quantitative estimate of drug-likeness (QED) is 0.315. The number of carbonyl (C=O) groups is 2. The molecule has 6 rings (SSSR count). The zero-order valence-corrected chi connectivity index (χ0v) is 28.3. The van der Waals surface area contributed by atoms with Crippen molar-refractivity contribution in [3.63, 3.8) is 0 Å². The van der Waals surface area contributed by atoms with Gasteiger partial charge in [0, 0.05) is 24.7 Å². The first-order chi connectivity index (χ1) is 22.6. The van der Waals surface area contributed by atoms with Crippen molar-refractivity contribution in [2.75, 3.05) is 50.4 Å². The summed E-state index contributed by atoms with van der Waals surface area (Å²) in [5.74, 6) is 2.60. The van der Waals surface area contributed by atoms with E-state index in [2.05, 4.69) is 16.8 Å². The predicted molar refractivity (Wildman–Crippen MR) is 182 cm³/mol. The van der Waals surface area contributed by atoms with Crippen LogP contribution in [-0.4, -0.2) is 84.5 Å². The van der Waals surface area contributed by atoms with Gasteiger partial charge in [-0.15, -0.1) is 0 Å². The van der Waals surface area contributed by atoms with Crippen LogP contribution in [0.3, 0.4) is 0 Å². The molecule has 3 aliphatic rings. The molecule has 11 heteroatoms. The van der Waals surface area contributed by atoms with Crippen LogP contribution in [0.15, 0.2) is 54.7 Å². The fraction of sp³-hybridized carbons (Fsp3) is 0.472. The lowest BCUT2D eigenvalue weighted by atomic mass is 9.85. The number of aliphatic hydroxyl groups excluding tert-OH is 1. The number of amides is 2. The lowest BCUT2D eigenvalue weighted by Gasteiger charge is -2.38. The van der Waals surface area contributed by atoms with Crippen molar-refractivity contribution in [1.29, 1.82) is 0 Å². The summed E-state index contributed by atoms with van der Waals surface area (Å²) in [6.07, 6.45) is 6.21. The largest absolute Gasteiger partial charge is 0.493 e. The Labute approximate surface area is 281 Å². The highest BCUT2D eigenvalue weighted by Gasteiger charge is 2.37. The van der Waals surface area contributed by atoms with Gasteiger partial charge in [-0.25, -0.2) is 4.98 Å². The molecular weight excluding hydrogens is 618 g/mol. The molecule has 1 saturated heterocycles. The van der Waals surface area contributed by atoms with Crippen LogP contribution in [0.2, 0.25) is 5.02 Å². The first-order valence-corrected chi connectivity index (χ1v) is 16.8.